The van der Waals surface area contributed by atoms with Gasteiger partial charge < -0.3 is 4.90 Å². The zero-order chi connectivity index (χ0) is 18.1. The van der Waals surface area contributed by atoms with Crippen molar-refractivity contribution in [1.82, 2.24) is 9.55 Å². The first-order valence-electron chi connectivity index (χ1n) is 7.76. The number of fused-ring (bicyclic) bond motifs is 1. The van der Waals surface area contributed by atoms with Gasteiger partial charge in [-0.25, -0.2) is 8.78 Å². The molecule has 1 heterocycles. The van der Waals surface area contributed by atoms with Crippen LogP contribution in [-0.2, 0) is 0 Å². The van der Waals surface area contributed by atoms with Gasteiger partial charge in [-0.05, 0) is 55.8 Å². The molecule has 0 spiro atoms. The van der Waals surface area contributed by atoms with Crippen molar-refractivity contribution >= 4 is 28.7 Å². The van der Waals surface area contributed by atoms with Gasteiger partial charge in [0.1, 0.15) is 17.5 Å². The van der Waals surface area contributed by atoms with Crippen LogP contribution < -0.4 is 10.5 Å². The average Bonchev–Trinajstić information content (AvgIpc) is 2.55. The van der Waals surface area contributed by atoms with E-state index in [0.717, 1.165) is 11.9 Å². The summed E-state index contributed by atoms with van der Waals surface area (Å²) in [6.07, 6.45) is 0.960. The number of benzene rings is 2. The SMILES string of the molecule is CCN(c1cc(C)cc(F)c1)c1nc(=N)n(C=N)c2ccc(F)cc12. The predicted octanol–water partition coefficient (Wildman–Crippen LogP) is 3.72. The first-order chi connectivity index (χ1) is 11.9. The van der Waals surface area contributed by atoms with Crippen LogP contribution in [0.5, 0.6) is 0 Å². The van der Waals surface area contributed by atoms with Gasteiger partial charge in [0.05, 0.1) is 11.9 Å². The molecule has 0 saturated heterocycles. The fourth-order valence-electron chi connectivity index (χ4n) is 2.89. The molecule has 0 radical (unpaired) electrons. The van der Waals surface area contributed by atoms with Crippen molar-refractivity contribution < 1.29 is 8.78 Å². The highest BCUT2D eigenvalue weighted by Crippen LogP contribution is 2.30. The molecule has 3 rings (SSSR count). The Hall–Kier alpha value is -3.09. The Morgan fingerprint density at radius 3 is 2.56 bits per heavy atom. The molecule has 0 aliphatic heterocycles. The minimum Gasteiger partial charge on any atom is -0.326 e. The highest BCUT2D eigenvalue weighted by atomic mass is 19.1. The maximum atomic E-state index is 13.8. The van der Waals surface area contributed by atoms with Crippen molar-refractivity contribution in [2.75, 3.05) is 11.4 Å². The Labute approximate surface area is 143 Å². The maximum absolute atomic E-state index is 13.8. The third-order valence-corrected chi connectivity index (χ3v) is 3.94. The Morgan fingerprint density at radius 1 is 1.16 bits per heavy atom. The van der Waals surface area contributed by atoms with Crippen LogP contribution in [0, 0.1) is 29.4 Å². The molecule has 7 heteroatoms. The maximum Gasteiger partial charge on any atom is 0.229 e. The minimum atomic E-state index is -0.448. The van der Waals surface area contributed by atoms with Gasteiger partial charge in [0, 0.05) is 17.6 Å². The number of aromatic nitrogens is 2. The molecule has 0 aliphatic rings. The van der Waals surface area contributed by atoms with Crippen molar-refractivity contribution in [3.63, 3.8) is 0 Å². The molecule has 0 aliphatic carbocycles. The van der Waals surface area contributed by atoms with Crippen LogP contribution in [0.2, 0.25) is 0 Å². The van der Waals surface area contributed by atoms with Gasteiger partial charge in [0.2, 0.25) is 5.62 Å². The van der Waals surface area contributed by atoms with E-state index >= 15 is 0 Å². The second kappa shape index (κ2) is 6.43. The molecule has 0 unspecified atom stereocenters. The van der Waals surface area contributed by atoms with Crippen LogP contribution >= 0.6 is 0 Å². The van der Waals surface area contributed by atoms with E-state index in [9.17, 15) is 8.78 Å². The lowest BCUT2D eigenvalue weighted by molar-refractivity contribution is 0.626. The zero-order valence-corrected chi connectivity index (χ0v) is 13.8. The van der Waals surface area contributed by atoms with Gasteiger partial charge in [-0.1, -0.05) is 0 Å². The number of aryl methyl sites for hydroxylation is 1. The minimum absolute atomic E-state index is 0.157. The molecule has 0 fully saturated rings. The summed E-state index contributed by atoms with van der Waals surface area (Å²) in [5.41, 5.74) is 1.65. The first-order valence-corrected chi connectivity index (χ1v) is 7.76. The Morgan fingerprint density at radius 2 is 1.92 bits per heavy atom. The molecule has 0 bridgehead atoms. The number of hydrogen-bond donors (Lipinski definition) is 2. The van der Waals surface area contributed by atoms with E-state index in [2.05, 4.69) is 4.98 Å². The normalized spacial score (nSPS) is 10.9. The number of rotatable bonds is 4. The van der Waals surface area contributed by atoms with Crippen LogP contribution in [-0.4, -0.2) is 22.4 Å². The molecule has 0 amide bonds. The van der Waals surface area contributed by atoms with Crippen LogP contribution in [0.4, 0.5) is 20.3 Å². The van der Waals surface area contributed by atoms with Crippen LogP contribution in [0.1, 0.15) is 12.5 Å². The summed E-state index contributed by atoms with van der Waals surface area (Å²) in [5, 5.41) is 16.0. The Balaban J connectivity index is 2.34. The van der Waals surface area contributed by atoms with E-state index in [1.165, 1.54) is 34.9 Å². The monoisotopic (exact) mass is 341 g/mol. The lowest BCUT2D eigenvalue weighted by atomic mass is 10.1. The van der Waals surface area contributed by atoms with Crippen molar-refractivity contribution in [3.8, 4) is 0 Å². The lowest BCUT2D eigenvalue weighted by Crippen LogP contribution is -2.28. The highest BCUT2D eigenvalue weighted by molar-refractivity contribution is 5.94. The molecular formula is C18H17F2N5. The summed E-state index contributed by atoms with van der Waals surface area (Å²) in [6, 6.07) is 8.70. The fourth-order valence-corrected chi connectivity index (χ4v) is 2.89. The molecule has 2 N–H and O–H groups in total. The van der Waals surface area contributed by atoms with Gasteiger partial charge in [0.25, 0.3) is 0 Å². The highest BCUT2D eigenvalue weighted by Gasteiger charge is 2.17. The second-order valence-electron chi connectivity index (χ2n) is 5.65. The zero-order valence-electron chi connectivity index (χ0n) is 13.8. The fraction of sp³-hybridized carbons (Fsp3) is 0.167. The Kier molecular flexibility index (Phi) is 4.31. The predicted molar refractivity (Wildman–Crippen MR) is 93.5 cm³/mol. The van der Waals surface area contributed by atoms with E-state index in [1.54, 1.807) is 17.9 Å². The number of hydrogen-bond acceptors (Lipinski definition) is 4. The molecule has 3 aromatic rings. The van der Waals surface area contributed by atoms with Crippen LogP contribution in [0.25, 0.3) is 10.9 Å². The van der Waals surface area contributed by atoms with Crippen LogP contribution in [0.15, 0.2) is 36.4 Å². The molecule has 1 aromatic heterocycles. The number of nitrogens with one attached hydrogen (secondary N) is 2. The summed E-state index contributed by atoms with van der Waals surface area (Å²) in [5.74, 6) is -0.470. The summed E-state index contributed by atoms with van der Waals surface area (Å²) < 4.78 is 28.9. The number of anilines is 2. The van der Waals surface area contributed by atoms with Crippen molar-refractivity contribution in [3.05, 3.63) is 59.2 Å². The third kappa shape index (κ3) is 3.00. The molecular weight excluding hydrogens is 324 g/mol. The largest absolute Gasteiger partial charge is 0.326 e. The van der Waals surface area contributed by atoms with Gasteiger partial charge in [0.15, 0.2) is 0 Å². The van der Waals surface area contributed by atoms with Crippen molar-refractivity contribution in [2.24, 2.45) is 0 Å². The first kappa shape index (κ1) is 16.8. The topological polar surface area (TPSA) is 68.8 Å². The van der Waals surface area contributed by atoms with Gasteiger partial charge in [-0.3, -0.25) is 15.4 Å². The summed E-state index contributed by atoms with van der Waals surface area (Å²) in [6.45, 7) is 4.11. The van der Waals surface area contributed by atoms with E-state index in [4.69, 9.17) is 10.8 Å². The van der Waals surface area contributed by atoms with Gasteiger partial charge in [-0.2, -0.15) is 4.98 Å². The number of nitrogens with zero attached hydrogens (tertiary/aromatic N) is 3. The van der Waals surface area contributed by atoms with E-state index < -0.39 is 5.82 Å². The molecule has 25 heavy (non-hydrogen) atoms. The van der Waals surface area contributed by atoms with Gasteiger partial charge in [-0.15, -0.1) is 0 Å². The molecule has 128 valence electrons. The molecule has 5 nitrogen and oxygen atoms in total. The summed E-state index contributed by atoms with van der Waals surface area (Å²) >= 11 is 0. The third-order valence-electron chi connectivity index (χ3n) is 3.94. The summed E-state index contributed by atoms with van der Waals surface area (Å²) in [7, 11) is 0. The molecule has 0 saturated carbocycles. The van der Waals surface area contributed by atoms with E-state index in [0.29, 0.717) is 29.0 Å². The van der Waals surface area contributed by atoms with E-state index in [1.807, 2.05) is 6.92 Å². The standard InChI is InChI=1S/C18H17F2N5/c1-3-24(14-7-11(2)6-13(20)8-14)17-15-9-12(19)4-5-16(15)25(10-21)18(22)23-17/h4-10,21-22H,3H2,1-2H3. The van der Waals surface area contributed by atoms with Crippen molar-refractivity contribution in [1.29, 1.82) is 10.8 Å². The molecule has 0 atom stereocenters. The van der Waals surface area contributed by atoms with Crippen LogP contribution in [0.3, 0.4) is 0 Å². The second-order valence-corrected chi connectivity index (χ2v) is 5.65. The van der Waals surface area contributed by atoms with E-state index in [-0.39, 0.29) is 11.4 Å². The van der Waals surface area contributed by atoms with Crippen molar-refractivity contribution in [2.45, 2.75) is 13.8 Å². The molecule has 2 aromatic carbocycles. The Bertz CT molecular complexity index is 1010. The smallest absolute Gasteiger partial charge is 0.229 e. The lowest BCUT2D eigenvalue weighted by Gasteiger charge is -2.24. The average molecular weight is 341 g/mol. The quantitative estimate of drug-likeness (QED) is 0.561. The van der Waals surface area contributed by atoms with Gasteiger partial charge >= 0.3 is 0 Å². The summed E-state index contributed by atoms with van der Waals surface area (Å²) in [4.78, 5) is 5.96. The number of halogens is 2.